The molecule has 1 aromatic rings. The van der Waals surface area contributed by atoms with Crippen molar-refractivity contribution in [1.82, 2.24) is 4.72 Å². The molecule has 0 aromatic heterocycles. The minimum Gasteiger partial charge on any atom is -0.389 e. The molecule has 21 heavy (non-hydrogen) atoms. The monoisotopic (exact) mass is 348 g/mol. The Morgan fingerprint density at radius 3 is 2.86 bits per heavy atom. The van der Waals surface area contributed by atoms with Crippen LogP contribution in [-0.4, -0.2) is 33.2 Å². The van der Waals surface area contributed by atoms with Crippen LogP contribution in [0.3, 0.4) is 0 Å². The third-order valence-corrected chi connectivity index (χ3v) is 5.55. The lowest BCUT2D eigenvalue weighted by atomic mass is 10.1. The maximum atomic E-state index is 12.2. The number of hydrogen-bond acceptors (Lipinski definition) is 4. The van der Waals surface area contributed by atoms with Crippen LogP contribution in [0.4, 0.5) is 0 Å². The normalized spacial score (nSPS) is 18.8. The Kier molecular flexibility index (Phi) is 5.56. The minimum atomic E-state index is -3.63. The molecule has 1 saturated heterocycles. The fraction of sp³-hybridized carbons (Fsp3) is 0.462. The molecule has 3 N–H and O–H groups in total. The Bertz CT molecular complexity index is 628. The first-order chi connectivity index (χ1) is 9.90. The molecule has 1 heterocycles. The van der Waals surface area contributed by atoms with Crippen LogP contribution < -0.4 is 10.5 Å². The summed E-state index contributed by atoms with van der Waals surface area (Å²) in [6.45, 7) is 1.82. The number of rotatable bonds is 6. The van der Waals surface area contributed by atoms with Gasteiger partial charge in [0.15, 0.2) is 0 Å². The van der Waals surface area contributed by atoms with Gasteiger partial charge in [0.2, 0.25) is 10.0 Å². The van der Waals surface area contributed by atoms with Crippen molar-refractivity contribution in [3.63, 3.8) is 0 Å². The summed E-state index contributed by atoms with van der Waals surface area (Å²) in [6, 6.07) is 4.43. The summed E-state index contributed by atoms with van der Waals surface area (Å²) in [5.41, 5.74) is 6.03. The maximum absolute atomic E-state index is 12.2. The molecule has 1 aromatic carbocycles. The number of benzene rings is 1. The largest absolute Gasteiger partial charge is 0.389 e. The summed E-state index contributed by atoms with van der Waals surface area (Å²) in [4.78, 5) is 0.210. The van der Waals surface area contributed by atoms with Gasteiger partial charge in [0.05, 0.1) is 5.02 Å². The fourth-order valence-corrected chi connectivity index (χ4v) is 3.88. The molecular formula is C13H17ClN2O3S2. The smallest absolute Gasteiger partial charge is 0.242 e. The van der Waals surface area contributed by atoms with E-state index in [0.29, 0.717) is 24.6 Å². The van der Waals surface area contributed by atoms with E-state index in [1.807, 2.05) is 0 Å². The van der Waals surface area contributed by atoms with Gasteiger partial charge in [0.1, 0.15) is 9.88 Å². The lowest BCUT2D eigenvalue weighted by Crippen LogP contribution is -2.26. The van der Waals surface area contributed by atoms with Gasteiger partial charge in [-0.15, -0.1) is 0 Å². The SMILES string of the molecule is NC(=S)c1ccc(S(=O)(=O)NCCC2CCOC2)c(Cl)c1. The number of nitrogens with two attached hydrogens (primary N) is 1. The van der Waals surface area contributed by atoms with Crippen LogP contribution in [0.1, 0.15) is 18.4 Å². The number of halogens is 1. The van der Waals surface area contributed by atoms with Crippen LogP contribution in [0.2, 0.25) is 5.02 Å². The van der Waals surface area contributed by atoms with E-state index in [4.69, 9.17) is 34.3 Å². The van der Waals surface area contributed by atoms with Crippen molar-refractivity contribution in [1.29, 1.82) is 0 Å². The van der Waals surface area contributed by atoms with Crippen LogP contribution in [0.5, 0.6) is 0 Å². The predicted octanol–water partition coefficient (Wildman–Crippen LogP) is 1.68. The van der Waals surface area contributed by atoms with Crippen molar-refractivity contribution in [3.8, 4) is 0 Å². The van der Waals surface area contributed by atoms with E-state index in [0.717, 1.165) is 19.4 Å². The zero-order chi connectivity index (χ0) is 15.5. The molecule has 0 radical (unpaired) electrons. The van der Waals surface area contributed by atoms with E-state index >= 15 is 0 Å². The highest BCUT2D eigenvalue weighted by Crippen LogP contribution is 2.23. The maximum Gasteiger partial charge on any atom is 0.242 e. The average Bonchev–Trinajstić information content (AvgIpc) is 2.91. The van der Waals surface area contributed by atoms with Crippen molar-refractivity contribution >= 4 is 38.8 Å². The van der Waals surface area contributed by atoms with Crippen LogP contribution in [0.25, 0.3) is 0 Å². The quantitative estimate of drug-likeness (QED) is 0.764. The van der Waals surface area contributed by atoms with Gasteiger partial charge in [0.25, 0.3) is 0 Å². The topological polar surface area (TPSA) is 81.4 Å². The first kappa shape index (κ1) is 16.6. The Morgan fingerprint density at radius 2 is 2.29 bits per heavy atom. The zero-order valence-corrected chi connectivity index (χ0v) is 13.7. The predicted molar refractivity (Wildman–Crippen MR) is 86.1 cm³/mol. The summed E-state index contributed by atoms with van der Waals surface area (Å²) in [7, 11) is -3.63. The van der Waals surface area contributed by atoms with Gasteiger partial charge in [0, 0.05) is 25.3 Å². The summed E-state index contributed by atoms with van der Waals surface area (Å²) in [5.74, 6) is 0.417. The molecule has 0 bridgehead atoms. The molecule has 1 unspecified atom stereocenters. The summed E-state index contributed by atoms with van der Waals surface area (Å²) in [5, 5.41) is 0.108. The van der Waals surface area contributed by atoms with Crippen LogP contribution in [0, 0.1) is 5.92 Å². The van der Waals surface area contributed by atoms with E-state index < -0.39 is 10.0 Å². The Morgan fingerprint density at radius 1 is 1.52 bits per heavy atom. The Balaban J connectivity index is 2.03. The molecule has 116 valence electrons. The molecule has 2 rings (SSSR count). The van der Waals surface area contributed by atoms with Crippen LogP contribution in [0.15, 0.2) is 23.1 Å². The fourth-order valence-electron chi connectivity index (χ4n) is 2.16. The van der Waals surface area contributed by atoms with Crippen LogP contribution >= 0.6 is 23.8 Å². The van der Waals surface area contributed by atoms with E-state index in [2.05, 4.69) is 4.72 Å². The van der Waals surface area contributed by atoms with Gasteiger partial charge >= 0.3 is 0 Å². The molecule has 8 heteroatoms. The highest BCUT2D eigenvalue weighted by Gasteiger charge is 2.20. The number of ether oxygens (including phenoxy) is 1. The molecule has 0 amide bonds. The van der Waals surface area contributed by atoms with E-state index in [9.17, 15) is 8.42 Å². The number of thiocarbonyl (C=S) groups is 1. The standard InChI is InChI=1S/C13H17ClN2O3S2/c14-11-7-10(13(15)20)1-2-12(11)21(17,18)16-5-3-9-4-6-19-8-9/h1-2,7,9,16H,3-6,8H2,(H2,15,20). The summed E-state index contributed by atoms with van der Waals surface area (Å²) in [6.07, 6.45) is 1.73. The van der Waals surface area contributed by atoms with E-state index in [1.165, 1.54) is 12.1 Å². The van der Waals surface area contributed by atoms with Crippen molar-refractivity contribution in [2.45, 2.75) is 17.7 Å². The molecule has 0 aliphatic carbocycles. The van der Waals surface area contributed by atoms with Gasteiger partial charge < -0.3 is 10.5 Å². The molecular weight excluding hydrogens is 332 g/mol. The van der Waals surface area contributed by atoms with Crippen molar-refractivity contribution in [3.05, 3.63) is 28.8 Å². The number of hydrogen-bond donors (Lipinski definition) is 2. The van der Waals surface area contributed by atoms with Gasteiger partial charge in [-0.2, -0.15) is 0 Å². The lowest BCUT2D eigenvalue weighted by molar-refractivity contribution is 0.184. The lowest BCUT2D eigenvalue weighted by Gasteiger charge is -2.11. The average molecular weight is 349 g/mol. The third-order valence-electron chi connectivity index (χ3n) is 3.37. The number of sulfonamides is 1. The first-order valence-electron chi connectivity index (χ1n) is 6.57. The van der Waals surface area contributed by atoms with E-state index in [1.54, 1.807) is 6.07 Å². The summed E-state index contributed by atoms with van der Waals surface area (Å²) < 4.78 is 32.3. The summed E-state index contributed by atoms with van der Waals surface area (Å²) >= 11 is 10.8. The Hall–Kier alpha value is -0.730. The van der Waals surface area contributed by atoms with Crippen molar-refractivity contribution in [2.24, 2.45) is 11.7 Å². The van der Waals surface area contributed by atoms with Gasteiger partial charge in [-0.1, -0.05) is 29.9 Å². The minimum absolute atomic E-state index is 0.0341. The Labute approximate surface area is 134 Å². The molecule has 1 aliphatic rings. The van der Waals surface area contributed by atoms with Crippen molar-refractivity contribution < 1.29 is 13.2 Å². The van der Waals surface area contributed by atoms with Gasteiger partial charge in [-0.05, 0) is 30.9 Å². The highest BCUT2D eigenvalue weighted by atomic mass is 35.5. The highest BCUT2D eigenvalue weighted by molar-refractivity contribution is 7.89. The van der Waals surface area contributed by atoms with E-state index in [-0.39, 0.29) is 14.9 Å². The molecule has 0 saturated carbocycles. The molecule has 0 spiro atoms. The molecule has 1 aliphatic heterocycles. The molecule has 1 atom stereocenters. The third kappa shape index (κ3) is 4.37. The second kappa shape index (κ2) is 7.02. The molecule has 5 nitrogen and oxygen atoms in total. The second-order valence-electron chi connectivity index (χ2n) is 4.93. The zero-order valence-electron chi connectivity index (χ0n) is 11.3. The van der Waals surface area contributed by atoms with Gasteiger partial charge in [-0.3, -0.25) is 0 Å². The first-order valence-corrected chi connectivity index (χ1v) is 8.84. The second-order valence-corrected chi connectivity index (χ2v) is 7.51. The van der Waals surface area contributed by atoms with Gasteiger partial charge in [-0.25, -0.2) is 13.1 Å². The molecule has 1 fully saturated rings. The van der Waals surface area contributed by atoms with Crippen molar-refractivity contribution in [2.75, 3.05) is 19.8 Å². The van der Waals surface area contributed by atoms with Crippen LogP contribution in [-0.2, 0) is 14.8 Å². The number of nitrogens with one attached hydrogen (secondary N) is 1.